The third-order valence-corrected chi connectivity index (χ3v) is 3.61. The van der Waals surface area contributed by atoms with Gasteiger partial charge in [-0.3, -0.25) is 4.79 Å². The number of carbonyl (C=O) groups is 1. The van der Waals surface area contributed by atoms with Crippen molar-refractivity contribution >= 4 is 11.6 Å². The second-order valence-electron chi connectivity index (χ2n) is 4.91. The Balaban J connectivity index is 1.88. The lowest BCUT2D eigenvalue weighted by atomic mass is 10.1. The quantitative estimate of drug-likeness (QED) is 0.864. The van der Waals surface area contributed by atoms with E-state index in [1.807, 2.05) is 24.3 Å². The largest absolute Gasteiger partial charge is 0.491 e. The second kappa shape index (κ2) is 5.56. The number of ether oxygens (including phenoxy) is 1. The van der Waals surface area contributed by atoms with Crippen LogP contribution in [-0.4, -0.2) is 19.1 Å². The number of halogens is 1. The third kappa shape index (κ3) is 2.49. The summed E-state index contributed by atoms with van der Waals surface area (Å²) in [4.78, 5) is 14.2. The van der Waals surface area contributed by atoms with Gasteiger partial charge in [0.2, 0.25) is 0 Å². The van der Waals surface area contributed by atoms with Crippen molar-refractivity contribution in [3.8, 4) is 5.75 Å². The fourth-order valence-electron chi connectivity index (χ4n) is 2.61. The van der Waals surface area contributed by atoms with E-state index in [0.29, 0.717) is 18.7 Å². The highest BCUT2D eigenvalue weighted by Gasteiger charge is 2.25. The normalized spacial score (nSPS) is 13.1. The fourth-order valence-corrected chi connectivity index (χ4v) is 2.61. The zero-order valence-electron chi connectivity index (χ0n) is 11.8. The molecule has 0 atom stereocenters. The van der Waals surface area contributed by atoms with Crippen LogP contribution in [0.4, 0.5) is 10.1 Å². The molecule has 0 fully saturated rings. The molecule has 0 saturated carbocycles. The highest BCUT2D eigenvalue weighted by Crippen LogP contribution is 2.29. The predicted molar refractivity (Wildman–Crippen MR) is 79.4 cm³/mol. The lowest BCUT2D eigenvalue weighted by Crippen LogP contribution is -2.28. The van der Waals surface area contributed by atoms with Crippen LogP contribution in [-0.2, 0) is 6.42 Å². The molecule has 0 radical (unpaired) electrons. The van der Waals surface area contributed by atoms with E-state index in [2.05, 4.69) is 0 Å². The molecule has 2 aromatic rings. The molecule has 0 bridgehead atoms. The van der Waals surface area contributed by atoms with Crippen molar-refractivity contribution < 1.29 is 13.9 Å². The van der Waals surface area contributed by atoms with Crippen molar-refractivity contribution in [2.75, 3.05) is 18.1 Å². The van der Waals surface area contributed by atoms with Gasteiger partial charge in [0.25, 0.3) is 5.91 Å². The van der Waals surface area contributed by atoms with Crippen molar-refractivity contribution in [1.29, 1.82) is 0 Å². The average molecular weight is 285 g/mol. The summed E-state index contributed by atoms with van der Waals surface area (Å²) in [7, 11) is 0. The number of nitrogens with zero attached hydrogens (tertiary/aromatic N) is 1. The van der Waals surface area contributed by atoms with Crippen molar-refractivity contribution in [2.24, 2.45) is 0 Å². The molecular formula is C17H16FNO2. The van der Waals surface area contributed by atoms with Crippen LogP contribution in [0.25, 0.3) is 0 Å². The van der Waals surface area contributed by atoms with Crippen LogP contribution in [0.3, 0.4) is 0 Å². The van der Waals surface area contributed by atoms with Crippen molar-refractivity contribution in [1.82, 2.24) is 0 Å². The molecule has 0 unspecified atom stereocenters. The maximum Gasteiger partial charge on any atom is 0.258 e. The molecule has 0 N–H and O–H groups in total. The molecule has 1 aliphatic rings. The van der Waals surface area contributed by atoms with Gasteiger partial charge >= 0.3 is 0 Å². The summed E-state index contributed by atoms with van der Waals surface area (Å²) < 4.78 is 19.0. The van der Waals surface area contributed by atoms with Crippen molar-refractivity contribution in [3.05, 3.63) is 59.4 Å². The number of amides is 1. The summed E-state index contributed by atoms with van der Waals surface area (Å²) in [5.74, 6) is -0.507. The van der Waals surface area contributed by atoms with E-state index >= 15 is 0 Å². The number of benzene rings is 2. The monoisotopic (exact) mass is 285 g/mol. The molecule has 21 heavy (non-hydrogen) atoms. The third-order valence-electron chi connectivity index (χ3n) is 3.61. The SMILES string of the molecule is CCOc1ccc(C(=O)N2CCc3ccccc32)cc1F. The Kier molecular flexibility index (Phi) is 3.60. The van der Waals surface area contributed by atoms with Crippen LogP contribution in [0.5, 0.6) is 5.75 Å². The Hall–Kier alpha value is -2.36. The van der Waals surface area contributed by atoms with Crippen LogP contribution >= 0.6 is 0 Å². The number of fused-ring (bicyclic) bond motifs is 1. The molecule has 0 aromatic heterocycles. The van der Waals surface area contributed by atoms with Gasteiger partial charge in [0.15, 0.2) is 11.6 Å². The van der Waals surface area contributed by atoms with Crippen molar-refractivity contribution in [2.45, 2.75) is 13.3 Å². The first-order valence-corrected chi connectivity index (χ1v) is 7.03. The Morgan fingerprint density at radius 2 is 2.10 bits per heavy atom. The fraction of sp³-hybridized carbons (Fsp3) is 0.235. The topological polar surface area (TPSA) is 29.5 Å². The van der Waals surface area contributed by atoms with E-state index in [9.17, 15) is 9.18 Å². The van der Waals surface area contributed by atoms with Crippen LogP contribution in [0, 0.1) is 5.82 Å². The smallest absolute Gasteiger partial charge is 0.258 e. The zero-order valence-corrected chi connectivity index (χ0v) is 11.8. The van der Waals surface area contributed by atoms with Gasteiger partial charge in [0.05, 0.1) is 6.61 Å². The Labute approximate surface area is 123 Å². The van der Waals surface area contributed by atoms with Gasteiger partial charge in [0.1, 0.15) is 0 Å². The molecule has 4 heteroatoms. The molecule has 0 spiro atoms. The summed E-state index contributed by atoms with van der Waals surface area (Å²) >= 11 is 0. The van der Waals surface area contributed by atoms with Gasteiger partial charge in [-0.1, -0.05) is 18.2 Å². The van der Waals surface area contributed by atoms with Crippen LogP contribution in [0.15, 0.2) is 42.5 Å². The average Bonchev–Trinajstić information content (AvgIpc) is 2.93. The van der Waals surface area contributed by atoms with E-state index in [1.54, 1.807) is 17.9 Å². The number of hydrogen-bond donors (Lipinski definition) is 0. The minimum atomic E-state index is -0.504. The molecule has 1 heterocycles. The highest BCUT2D eigenvalue weighted by atomic mass is 19.1. The molecule has 0 aliphatic carbocycles. The van der Waals surface area contributed by atoms with Crippen LogP contribution in [0.1, 0.15) is 22.8 Å². The zero-order chi connectivity index (χ0) is 14.8. The molecule has 1 aliphatic heterocycles. The first-order valence-electron chi connectivity index (χ1n) is 7.03. The van der Waals surface area contributed by atoms with E-state index < -0.39 is 5.82 Å². The van der Waals surface area contributed by atoms with Crippen molar-refractivity contribution in [3.63, 3.8) is 0 Å². The first kappa shape index (κ1) is 13.6. The molecule has 0 saturated heterocycles. The van der Waals surface area contributed by atoms with Gasteiger partial charge < -0.3 is 9.64 Å². The molecule has 3 rings (SSSR count). The lowest BCUT2D eigenvalue weighted by Gasteiger charge is -2.17. The van der Waals surface area contributed by atoms with Gasteiger partial charge in [-0.05, 0) is 43.2 Å². The van der Waals surface area contributed by atoms with Gasteiger partial charge in [-0.15, -0.1) is 0 Å². The Morgan fingerprint density at radius 1 is 1.29 bits per heavy atom. The summed E-state index contributed by atoms with van der Waals surface area (Å²) in [6.45, 7) is 2.82. The molecule has 2 aromatic carbocycles. The second-order valence-corrected chi connectivity index (χ2v) is 4.91. The number of para-hydroxylation sites is 1. The summed E-state index contributed by atoms with van der Waals surface area (Å²) in [6, 6.07) is 12.2. The van der Waals surface area contributed by atoms with Crippen LogP contribution < -0.4 is 9.64 Å². The summed E-state index contributed by atoms with van der Waals surface area (Å²) in [5, 5.41) is 0. The summed E-state index contributed by atoms with van der Waals surface area (Å²) in [6.07, 6.45) is 0.835. The molecular weight excluding hydrogens is 269 g/mol. The standard InChI is InChI=1S/C17H16FNO2/c1-2-21-16-8-7-13(11-14(16)18)17(20)19-10-9-12-5-3-4-6-15(12)19/h3-8,11H,2,9-10H2,1H3. The van der Waals surface area contributed by atoms with Gasteiger partial charge in [-0.2, -0.15) is 0 Å². The number of carbonyl (C=O) groups excluding carboxylic acids is 1. The highest BCUT2D eigenvalue weighted by molar-refractivity contribution is 6.07. The maximum absolute atomic E-state index is 13.9. The van der Waals surface area contributed by atoms with Gasteiger partial charge in [-0.25, -0.2) is 4.39 Å². The van der Waals surface area contributed by atoms with E-state index in [4.69, 9.17) is 4.74 Å². The molecule has 3 nitrogen and oxygen atoms in total. The van der Waals surface area contributed by atoms with E-state index in [-0.39, 0.29) is 11.7 Å². The molecule has 1 amide bonds. The molecule has 108 valence electrons. The predicted octanol–water partition coefficient (Wildman–Crippen LogP) is 3.43. The summed E-state index contributed by atoms with van der Waals surface area (Å²) in [5.41, 5.74) is 2.40. The Morgan fingerprint density at radius 3 is 2.86 bits per heavy atom. The van der Waals surface area contributed by atoms with E-state index in [1.165, 1.54) is 12.1 Å². The van der Waals surface area contributed by atoms with Crippen LogP contribution in [0.2, 0.25) is 0 Å². The van der Waals surface area contributed by atoms with E-state index in [0.717, 1.165) is 17.7 Å². The number of rotatable bonds is 3. The maximum atomic E-state index is 13.9. The minimum absolute atomic E-state index is 0.177. The lowest BCUT2D eigenvalue weighted by molar-refractivity contribution is 0.0989. The first-order chi connectivity index (χ1) is 10.2. The Bertz CT molecular complexity index is 684. The number of anilines is 1. The number of hydrogen-bond acceptors (Lipinski definition) is 2. The minimum Gasteiger partial charge on any atom is -0.491 e. The van der Waals surface area contributed by atoms with Gasteiger partial charge in [0, 0.05) is 17.8 Å².